The molecule has 1 aromatic rings. The minimum absolute atomic E-state index is 0.0645. The molecule has 0 saturated heterocycles. The number of ether oxygens (including phenoxy) is 1. The topological polar surface area (TPSA) is 58.6 Å². The monoisotopic (exact) mass is 262 g/mol. The summed E-state index contributed by atoms with van der Waals surface area (Å²) in [5.41, 5.74) is 1.79. The highest BCUT2D eigenvalue weighted by molar-refractivity contribution is 6.01. The quantitative estimate of drug-likeness (QED) is 0.796. The summed E-state index contributed by atoms with van der Waals surface area (Å²) < 4.78 is 5.56. The van der Waals surface area contributed by atoms with E-state index in [4.69, 9.17) is 4.74 Å². The van der Waals surface area contributed by atoms with Crippen LogP contribution in [0.4, 0.5) is 5.69 Å². The van der Waals surface area contributed by atoms with Crippen LogP contribution in [0.15, 0.2) is 18.2 Å². The highest BCUT2D eigenvalue weighted by Crippen LogP contribution is 2.34. The van der Waals surface area contributed by atoms with E-state index in [9.17, 15) is 9.59 Å². The van der Waals surface area contributed by atoms with Crippen LogP contribution in [0.2, 0.25) is 0 Å². The molecule has 0 aliphatic carbocycles. The lowest BCUT2D eigenvalue weighted by atomic mass is 10.1. The van der Waals surface area contributed by atoms with Crippen molar-refractivity contribution in [2.24, 2.45) is 0 Å². The van der Waals surface area contributed by atoms with Crippen LogP contribution in [0.5, 0.6) is 5.75 Å². The van der Waals surface area contributed by atoms with Crippen molar-refractivity contribution in [3.63, 3.8) is 0 Å². The predicted octanol–water partition coefficient (Wildman–Crippen LogP) is 0.761. The number of amides is 1. The molecular formula is C14H18N2O3. The molecule has 2 rings (SSSR count). The number of likely N-dealkylation sites (N-methyl/N-ethyl adjacent to an activating group) is 1. The molecule has 1 N–H and O–H groups in total. The van der Waals surface area contributed by atoms with Crippen molar-refractivity contribution >= 4 is 17.9 Å². The SMILES string of the molecule is CNCCc1ccc2c(c1)N(CC=O)C(=O)C(C)O2. The Morgan fingerprint density at radius 1 is 1.47 bits per heavy atom. The average molecular weight is 262 g/mol. The first-order valence-corrected chi connectivity index (χ1v) is 6.36. The summed E-state index contributed by atoms with van der Waals surface area (Å²) in [6.07, 6.45) is 1.05. The number of rotatable bonds is 5. The molecule has 0 bridgehead atoms. The van der Waals surface area contributed by atoms with Gasteiger partial charge in [0.25, 0.3) is 5.91 Å². The van der Waals surface area contributed by atoms with Gasteiger partial charge in [0.2, 0.25) is 0 Å². The van der Waals surface area contributed by atoms with Crippen molar-refractivity contribution in [1.82, 2.24) is 5.32 Å². The third-order valence-corrected chi connectivity index (χ3v) is 3.15. The predicted molar refractivity (Wildman–Crippen MR) is 72.6 cm³/mol. The summed E-state index contributed by atoms with van der Waals surface area (Å²) in [4.78, 5) is 24.3. The van der Waals surface area contributed by atoms with E-state index in [1.54, 1.807) is 6.92 Å². The molecule has 1 aliphatic heterocycles. The first kappa shape index (κ1) is 13.5. The number of nitrogens with zero attached hydrogens (tertiary/aromatic N) is 1. The Kier molecular flexibility index (Phi) is 4.16. The third-order valence-electron chi connectivity index (χ3n) is 3.15. The first-order chi connectivity index (χ1) is 9.17. The number of carbonyl (C=O) groups is 2. The number of hydrogen-bond acceptors (Lipinski definition) is 4. The van der Waals surface area contributed by atoms with Gasteiger partial charge in [0, 0.05) is 0 Å². The fourth-order valence-corrected chi connectivity index (χ4v) is 2.14. The first-order valence-electron chi connectivity index (χ1n) is 6.36. The van der Waals surface area contributed by atoms with Crippen LogP contribution >= 0.6 is 0 Å². The number of benzene rings is 1. The van der Waals surface area contributed by atoms with Gasteiger partial charge in [-0.1, -0.05) is 6.07 Å². The van der Waals surface area contributed by atoms with Gasteiger partial charge < -0.3 is 14.8 Å². The van der Waals surface area contributed by atoms with Crippen LogP contribution in [-0.4, -0.2) is 38.4 Å². The Morgan fingerprint density at radius 2 is 2.26 bits per heavy atom. The third kappa shape index (κ3) is 2.76. The van der Waals surface area contributed by atoms with E-state index in [1.807, 2.05) is 25.2 Å². The summed E-state index contributed by atoms with van der Waals surface area (Å²) in [5, 5.41) is 3.08. The molecule has 0 fully saturated rings. The molecular weight excluding hydrogens is 244 g/mol. The lowest BCUT2D eigenvalue weighted by Crippen LogP contribution is -2.45. The molecule has 1 unspecified atom stereocenters. The Labute approximate surface area is 112 Å². The van der Waals surface area contributed by atoms with E-state index in [0.717, 1.165) is 24.8 Å². The fraction of sp³-hybridized carbons (Fsp3) is 0.429. The molecule has 1 heterocycles. The second-order valence-corrected chi connectivity index (χ2v) is 4.53. The van der Waals surface area contributed by atoms with Crippen LogP contribution in [0.1, 0.15) is 12.5 Å². The van der Waals surface area contributed by atoms with Crippen molar-refractivity contribution in [3.8, 4) is 5.75 Å². The Morgan fingerprint density at radius 3 is 2.95 bits per heavy atom. The molecule has 102 valence electrons. The van der Waals surface area contributed by atoms with Gasteiger partial charge in [-0.05, 0) is 44.6 Å². The van der Waals surface area contributed by atoms with Crippen LogP contribution in [0.3, 0.4) is 0 Å². The molecule has 1 atom stereocenters. The number of aldehydes is 1. The summed E-state index contributed by atoms with van der Waals surface area (Å²) in [6.45, 7) is 2.62. The number of anilines is 1. The van der Waals surface area contributed by atoms with E-state index in [0.29, 0.717) is 11.4 Å². The van der Waals surface area contributed by atoms with Gasteiger partial charge in [-0.2, -0.15) is 0 Å². The molecule has 0 aromatic heterocycles. The lowest BCUT2D eigenvalue weighted by molar-refractivity contribution is -0.126. The number of fused-ring (bicyclic) bond motifs is 1. The highest BCUT2D eigenvalue weighted by atomic mass is 16.5. The van der Waals surface area contributed by atoms with Crippen molar-refractivity contribution in [2.75, 3.05) is 25.0 Å². The van der Waals surface area contributed by atoms with Gasteiger partial charge in [0.15, 0.2) is 6.10 Å². The molecule has 1 amide bonds. The smallest absolute Gasteiger partial charge is 0.268 e. The van der Waals surface area contributed by atoms with Crippen molar-refractivity contribution in [3.05, 3.63) is 23.8 Å². The van der Waals surface area contributed by atoms with Crippen LogP contribution in [0.25, 0.3) is 0 Å². The van der Waals surface area contributed by atoms with Crippen molar-refractivity contribution in [2.45, 2.75) is 19.4 Å². The highest BCUT2D eigenvalue weighted by Gasteiger charge is 2.31. The minimum Gasteiger partial charge on any atom is -0.479 e. The lowest BCUT2D eigenvalue weighted by Gasteiger charge is -2.32. The van der Waals surface area contributed by atoms with Crippen molar-refractivity contribution in [1.29, 1.82) is 0 Å². The van der Waals surface area contributed by atoms with Gasteiger partial charge in [0.05, 0.1) is 12.2 Å². The zero-order valence-electron chi connectivity index (χ0n) is 11.2. The van der Waals surface area contributed by atoms with E-state index in [1.165, 1.54) is 4.90 Å². The summed E-state index contributed by atoms with van der Waals surface area (Å²) in [7, 11) is 1.89. The molecule has 1 aliphatic rings. The maximum Gasteiger partial charge on any atom is 0.268 e. The van der Waals surface area contributed by atoms with E-state index >= 15 is 0 Å². The van der Waals surface area contributed by atoms with Gasteiger partial charge in [-0.3, -0.25) is 9.69 Å². The van der Waals surface area contributed by atoms with Crippen LogP contribution in [0, 0.1) is 0 Å². The van der Waals surface area contributed by atoms with Gasteiger partial charge in [0.1, 0.15) is 12.0 Å². The maximum absolute atomic E-state index is 12.0. The second kappa shape index (κ2) is 5.84. The molecule has 0 radical (unpaired) electrons. The molecule has 0 saturated carbocycles. The fourth-order valence-electron chi connectivity index (χ4n) is 2.14. The molecule has 1 aromatic carbocycles. The molecule has 19 heavy (non-hydrogen) atoms. The number of carbonyl (C=O) groups excluding carboxylic acids is 2. The minimum atomic E-state index is -0.546. The summed E-state index contributed by atoms with van der Waals surface area (Å²) >= 11 is 0. The number of nitrogens with one attached hydrogen (secondary N) is 1. The van der Waals surface area contributed by atoms with Crippen LogP contribution < -0.4 is 15.0 Å². The van der Waals surface area contributed by atoms with Gasteiger partial charge in [-0.25, -0.2) is 0 Å². The summed E-state index contributed by atoms with van der Waals surface area (Å²) in [5.74, 6) is 0.479. The number of hydrogen-bond donors (Lipinski definition) is 1. The molecule has 5 heteroatoms. The van der Waals surface area contributed by atoms with E-state index in [-0.39, 0.29) is 12.5 Å². The van der Waals surface area contributed by atoms with Crippen molar-refractivity contribution < 1.29 is 14.3 Å². The standard InChI is InChI=1S/C14H18N2O3/c1-10-14(18)16(7-8-17)12-9-11(5-6-15-2)3-4-13(12)19-10/h3-4,8-10,15H,5-7H2,1-2H3. The maximum atomic E-state index is 12.0. The Hall–Kier alpha value is -1.88. The summed E-state index contributed by atoms with van der Waals surface area (Å²) in [6, 6.07) is 5.76. The second-order valence-electron chi connectivity index (χ2n) is 4.53. The zero-order chi connectivity index (χ0) is 13.8. The van der Waals surface area contributed by atoms with Crippen LogP contribution in [-0.2, 0) is 16.0 Å². The van der Waals surface area contributed by atoms with Gasteiger partial charge >= 0.3 is 0 Å². The largest absolute Gasteiger partial charge is 0.479 e. The average Bonchev–Trinajstić information content (AvgIpc) is 2.42. The van der Waals surface area contributed by atoms with Gasteiger partial charge in [-0.15, -0.1) is 0 Å². The normalized spacial score (nSPS) is 17.9. The Bertz CT molecular complexity index is 488. The molecule has 0 spiro atoms. The molecule has 5 nitrogen and oxygen atoms in total. The van der Waals surface area contributed by atoms with E-state index in [2.05, 4.69) is 5.32 Å². The zero-order valence-corrected chi connectivity index (χ0v) is 11.2. The van der Waals surface area contributed by atoms with E-state index < -0.39 is 6.10 Å². The Balaban J connectivity index is 2.33.